The molecule has 2 aliphatic heterocycles. The lowest BCUT2D eigenvalue weighted by Crippen LogP contribution is -2.43. The van der Waals surface area contributed by atoms with Crippen molar-refractivity contribution in [2.45, 2.75) is 52.1 Å². The number of hydrogen-bond acceptors (Lipinski definition) is 7. The van der Waals surface area contributed by atoms with Gasteiger partial charge < -0.3 is 15.0 Å². The van der Waals surface area contributed by atoms with Crippen LogP contribution in [0.4, 0.5) is 10.3 Å². The maximum absolute atomic E-state index is 12.5. The highest BCUT2D eigenvalue weighted by molar-refractivity contribution is 7.19. The van der Waals surface area contributed by atoms with Gasteiger partial charge in [-0.15, -0.1) is 10.2 Å². The van der Waals surface area contributed by atoms with E-state index < -0.39 is 0 Å². The third kappa shape index (κ3) is 5.38. The third-order valence-electron chi connectivity index (χ3n) is 4.84. The molecule has 1 atom stereocenters. The van der Waals surface area contributed by atoms with Gasteiger partial charge in [0.15, 0.2) is 0 Å². The Bertz CT molecular complexity index is 651. The van der Waals surface area contributed by atoms with Gasteiger partial charge in [0.05, 0.1) is 12.0 Å². The third-order valence-corrected chi connectivity index (χ3v) is 5.85. The molecule has 0 aliphatic carbocycles. The number of nitrogens with one attached hydrogen (secondary N) is 1. The summed E-state index contributed by atoms with van der Waals surface area (Å²) in [6, 6.07) is 0. The molecule has 2 fully saturated rings. The van der Waals surface area contributed by atoms with Crippen LogP contribution in [0.1, 0.15) is 46.0 Å². The first-order chi connectivity index (χ1) is 13.0. The fraction of sp³-hybridized carbons (Fsp3) is 0.778. The van der Waals surface area contributed by atoms with Gasteiger partial charge in [0.1, 0.15) is 0 Å². The molecule has 3 heterocycles. The summed E-state index contributed by atoms with van der Waals surface area (Å²) in [6.07, 6.45) is 4.35. The topological polar surface area (TPSA) is 87.7 Å². The molecule has 3 rings (SSSR count). The summed E-state index contributed by atoms with van der Waals surface area (Å²) in [7, 11) is 0. The summed E-state index contributed by atoms with van der Waals surface area (Å²) in [5.74, 6) is 0.185. The van der Waals surface area contributed by atoms with Crippen LogP contribution in [0.5, 0.6) is 0 Å². The SMILES string of the molecule is CC(C)OCCCNC(=O)C1CCCN(c2nnc(N3CCCC3=O)s2)C1. The molecule has 1 N–H and O–H groups in total. The number of hydrogen-bond donors (Lipinski definition) is 1. The van der Waals surface area contributed by atoms with Crippen LogP contribution in [0.3, 0.4) is 0 Å². The van der Waals surface area contributed by atoms with Gasteiger partial charge in [0, 0.05) is 39.2 Å². The maximum atomic E-state index is 12.5. The number of piperidine rings is 1. The maximum Gasteiger partial charge on any atom is 0.228 e. The van der Waals surface area contributed by atoms with Crippen LogP contribution in [-0.4, -0.2) is 60.9 Å². The van der Waals surface area contributed by atoms with E-state index in [0.29, 0.717) is 31.2 Å². The number of carbonyl (C=O) groups excluding carboxylic acids is 2. The summed E-state index contributed by atoms with van der Waals surface area (Å²) >= 11 is 1.44. The molecular formula is C18H29N5O3S. The fourth-order valence-electron chi connectivity index (χ4n) is 3.41. The van der Waals surface area contributed by atoms with Crippen molar-refractivity contribution in [2.24, 2.45) is 5.92 Å². The fourth-order valence-corrected chi connectivity index (χ4v) is 4.33. The van der Waals surface area contributed by atoms with Crippen molar-refractivity contribution in [3.8, 4) is 0 Å². The lowest BCUT2D eigenvalue weighted by atomic mass is 9.97. The van der Waals surface area contributed by atoms with E-state index in [2.05, 4.69) is 20.4 Å². The van der Waals surface area contributed by atoms with Crippen molar-refractivity contribution in [1.82, 2.24) is 15.5 Å². The van der Waals surface area contributed by atoms with E-state index in [1.165, 1.54) is 11.3 Å². The summed E-state index contributed by atoms with van der Waals surface area (Å²) < 4.78 is 5.49. The average Bonchev–Trinajstić information content (AvgIpc) is 3.30. The van der Waals surface area contributed by atoms with Gasteiger partial charge in [-0.1, -0.05) is 11.3 Å². The van der Waals surface area contributed by atoms with Crippen LogP contribution < -0.4 is 15.1 Å². The number of ether oxygens (including phenoxy) is 1. The molecule has 0 radical (unpaired) electrons. The van der Waals surface area contributed by atoms with Gasteiger partial charge in [-0.2, -0.15) is 0 Å². The molecule has 0 aromatic carbocycles. The van der Waals surface area contributed by atoms with Crippen molar-refractivity contribution >= 4 is 33.4 Å². The number of aromatic nitrogens is 2. The van der Waals surface area contributed by atoms with Gasteiger partial charge >= 0.3 is 0 Å². The molecule has 1 aromatic rings. The minimum Gasteiger partial charge on any atom is -0.379 e. The molecule has 0 saturated carbocycles. The number of amides is 2. The van der Waals surface area contributed by atoms with Gasteiger partial charge in [0.2, 0.25) is 22.1 Å². The molecule has 0 bridgehead atoms. The van der Waals surface area contributed by atoms with E-state index >= 15 is 0 Å². The van der Waals surface area contributed by atoms with E-state index in [1.807, 2.05) is 13.8 Å². The number of nitrogens with zero attached hydrogens (tertiary/aromatic N) is 4. The minimum absolute atomic E-state index is 0.0365. The second-order valence-corrected chi connectivity index (χ2v) is 8.30. The lowest BCUT2D eigenvalue weighted by Gasteiger charge is -2.31. The second kappa shape index (κ2) is 9.45. The summed E-state index contributed by atoms with van der Waals surface area (Å²) in [4.78, 5) is 28.2. The zero-order valence-electron chi connectivity index (χ0n) is 16.1. The van der Waals surface area contributed by atoms with Crippen LogP contribution in [0.25, 0.3) is 0 Å². The number of rotatable bonds is 8. The Hall–Kier alpha value is -1.74. The molecule has 1 unspecified atom stereocenters. The quantitative estimate of drug-likeness (QED) is 0.676. The van der Waals surface area contributed by atoms with Crippen molar-refractivity contribution in [1.29, 1.82) is 0 Å². The molecule has 2 aliphatic rings. The van der Waals surface area contributed by atoms with Gasteiger partial charge in [-0.05, 0) is 39.5 Å². The van der Waals surface area contributed by atoms with Crippen molar-refractivity contribution in [3.05, 3.63) is 0 Å². The second-order valence-electron chi connectivity index (χ2n) is 7.37. The highest BCUT2D eigenvalue weighted by Crippen LogP contribution is 2.32. The largest absolute Gasteiger partial charge is 0.379 e. The Kier molecular flexibility index (Phi) is 7.01. The van der Waals surface area contributed by atoms with Crippen molar-refractivity contribution in [2.75, 3.05) is 42.6 Å². The molecule has 1 aromatic heterocycles. The van der Waals surface area contributed by atoms with Crippen molar-refractivity contribution < 1.29 is 14.3 Å². The highest BCUT2D eigenvalue weighted by atomic mass is 32.1. The molecule has 150 valence electrons. The van der Waals surface area contributed by atoms with Gasteiger partial charge in [-0.25, -0.2) is 0 Å². The van der Waals surface area contributed by atoms with E-state index in [9.17, 15) is 9.59 Å². The molecular weight excluding hydrogens is 366 g/mol. The zero-order valence-corrected chi connectivity index (χ0v) is 17.0. The predicted molar refractivity (Wildman–Crippen MR) is 105 cm³/mol. The number of anilines is 2. The van der Waals surface area contributed by atoms with Gasteiger partial charge in [-0.3, -0.25) is 14.5 Å². The van der Waals surface area contributed by atoms with Gasteiger partial charge in [0.25, 0.3) is 0 Å². The van der Waals surface area contributed by atoms with E-state index in [0.717, 1.165) is 43.9 Å². The Morgan fingerprint density at radius 3 is 2.85 bits per heavy atom. The summed E-state index contributed by atoms with van der Waals surface area (Å²) in [5.41, 5.74) is 0. The molecule has 2 amide bonds. The molecule has 0 spiro atoms. The Morgan fingerprint density at radius 1 is 1.30 bits per heavy atom. The van der Waals surface area contributed by atoms with Crippen LogP contribution in [0, 0.1) is 5.92 Å². The molecule has 8 nitrogen and oxygen atoms in total. The monoisotopic (exact) mass is 395 g/mol. The van der Waals surface area contributed by atoms with E-state index in [4.69, 9.17) is 4.74 Å². The van der Waals surface area contributed by atoms with E-state index in [1.54, 1.807) is 4.90 Å². The average molecular weight is 396 g/mol. The number of carbonyl (C=O) groups is 2. The Labute approximate surface area is 164 Å². The van der Waals surface area contributed by atoms with Crippen LogP contribution in [-0.2, 0) is 14.3 Å². The Morgan fingerprint density at radius 2 is 2.11 bits per heavy atom. The normalized spacial score (nSPS) is 20.6. The Balaban J connectivity index is 1.48. The van der Waals surface area contributed by atoms with Crippen LogP contribution in [0.15, 0.2) is 0 Å². The molecule has 27 heavy (non-hydrogen) atoms. The smallest absolute Gasteiger partial charge is 0.228 e. The predicted octanol–water partition coefficient (Wildman–Crippen LogP) is 1.81. The highest BCUT2D eigenvalue weighted by Gasteiger charge is 2.29. The first-order valence-corrected chi connectivity index (χ1v) is 10.6. The lowest BCUT2D eigenvalue weighted by molar-refractivity contribution is -0.125. The first kappa shape index (κ1) is 20.0. The molecule has 2 saturated heterocycles. The standard InChI is InChI=1S/C18H29N5O3S/c1-13(2)26-11-5-8-19-16(25)14-6-3-9-22(12-14)17-20-21-18(27-17)23-10-4-7-15(23)24/h13-14H,3-12H2,1-2H3,(H,19,25). The summed E-state index contributed by atoms with van der Waals surface area (Å²) in [5, 5.41) is 13.0. The van der Waals surface area contributed by atoms with Crippen LogP contribution >= 0.6 is 11.3 Å². The molecule has 9 heteroatoms. The zero-order chi connectivity index (χ0) is 19.2. The van der Waals surface area contributed by atoms with E-state index in [-0.39, 0.29) is 23.8 Å². The van der Waals surface area contributed by atoms with Crippen molar-refractivity contribution in [3.63, 3.8) is 0 Å². The summed E-state index contributed by atoms with van der Waals surface area (Å²) in [6.45, 7) is 7.56. The first-order valence-electron chi connectivity index (χ1n) is 9.82. The minimum atomic E-state index is -0.0365. The van der Waals surface area contributed by atoms with Crippen LogP contribution in [0.2, 0.25) is 0 Å².